The molecule has 1 aromatic carbocycles. The smallest absolute Gasteiger partial charge is 0.219 e. The molecule has 1 heterocycles. The molecule has 3 nitrogen and oxygen atoms in total. The number of aliphatic hydroxyl groups excluding tert-OH is 1. The molecule has 1 aromatic heterocycles. The zero-order valence-electron chi connectivity index (χ0n) is 9.60. The Morgan fingerprint density at radius 2 is 2.11 bits per heavy atom. The van der Waals surface area contributed by atoms with Gasteiger partial charge in [0.2, 0.25) is 5.88 Å². The summed E-state index contributed by atoms with van der Waals surface area (Å²) in [5.74, 6) is 0.321. The normalized spacial score (nSPS) is 12.2. The Kier molecular flexibility index (Phi) is 3.93. The maximum atomic E-state index is 13.3. The minimum Gasteiger partial charge on any atom is -0.439 e. The summed E-state index contributed by atoms with van der Waals surface area (Å²) in [6.07, 6.45) is 0.951. The molecule has 5 heteroatoms. The maximum Gasteiger partial charge on any atom is 0.219 e. The molecule has 0 radical (unpaired) electrons. The molecule has 0 fully saturated rings. The van der Waals surface area contributed by atoms with E-state index in [4.69, 9.17) is 4.74 Å². The SMILES string of the molecule is C[C@H](O)c1ccc(Oc2ccc(Br)c(F)c2)nc1. The predicted molar refractivity (Wildman–Crippen MR) is 69.0 cm³/mol. The third-order valence-electron chi connectivity index (χ3n) is 2.36. The van der Waals surface area contributed by atoms with Gasteiger partial charge in [0.15, 0.2) is 0 Å². The van der Waals surface area contributed by atoms with Crippen molar-refractivity contribution in [2.24, 2.45) is 0 Å². The van der Waals surface area contributed by atoms with Crippen LogP contribution in [0.5, 0.6) is 11.6 Å². The van der Waals surface area contributed by atoms with Crippen LogP contribution in [0.4, 0.5) is 4.39 Å². The van der Waals surface area contributed by atoms with Crippen LogP contribution >= 0.6 is 15.9 Å². The Hall–Kier alpha value is -1.46. The van der Waals surface area contributed by atoms with E-state index in [1.54, 1.807) is 31.2 Å². The van der Waals surface area contributed by atoms with Crippen LogP contribution in [0.3, 0.4) is 0 Å². The summed E-state index contributed by atoms with van der Waals surface area (Å²) in [5, 5.41) is 9.34. The van der Waals surface area contributed by atoms with Crippen LogP contribution in [0.25, 0.3) is 0 Å². The van der Waals surface area contributed by atoms with E-state index in [1.165, 1.54) is 12.3 Å². The van der Waals surface area contributed by atoms with Crippen LogP contribution < -0.4 is 4.74 Å². The van der Waals surface area contributed by atoms with Crippen molar-refractivity contribution in [3.05, 3.63) is 52.4 Å². The van der Waals surface area contributed by atoms with Crippen molar-refractivity contribution in [2.75, 3.05) is 0 Å². The van der Waals surface area contributed by atoms with E-state index in [2.05, 4.69) is 20.9 Å². The molecular weight excluding hydrogens is 301 g/mol. The van der Waals surface area contributed by atoms with E-state index < -0.39 is 11.9 Å². The number of pyridine rings is 1. The number of rotatable bonds is 3. The van der Waals surface area contributed by atoms with Gasteiger partial charge in [-0.2, -0.15) is 0 Å². The minimum atomic E-state index is -0.573. The van der Waals surface area contributed by atoms with Crippen molar-refractivity contribution >= 4 is 15.9 Å². The zero-order chi connectivity index (χ0) is 13.1. The van der Waals surface area contributed by atoms with Crippen LogP contribution in [0.2, 0.25) is 0 Å². The lowest BCUT2D eigenvalue weighted by Crippen LogP contribution is -1.94. The van der Waals surface area contributed by atoms with E-state index in [-0.39, 0.29) is 0 Å². The first-order chi connectivity index (χ1) is 8.56. The summed E-state index contributed by atoms with van der Waals surface area (Å²) in [7, 11) is 0. The lowest BCUT2D eigenvalue weighted by atomic mass is 10.2. The second kappa shape index (κ2) is 5.46. The summed E-state index contributed by atoms with van der Waals surface area (Å²) in [6, 6.07) is 7.81. The molecule has 0 aliphatic rings. The molecule has 0 bridgehead atoms. The Balaban J connectivity index is 2.15. The molecule has 0 saturated carbocycles. The summed E-state index contributed by atoms with van der Waals surface area (Å²) >= 11 is 3.07. The first-order valence-electron chi connectivity index (χ1n) is 5.33. The minimum absolute atomic E-state index is 0.348. The van der Waals surface area contributed by atoms with Crippen LogP contribution in [0, 0.1) is 5.82 Å². The quantitative estimate of drug-likeness (QED) is 0.936. The molecule has 1 N–H and O–H groups in total. The Morgan fingerprint density at radius 3 is 2.67 bits per heavy atom. The average Bonchev–Trinajstić information content (AvgIpc) is 2.34. The van der Waals surface area contributed by atoms with Crippen molar-refractivity contribution in [2.45, 2.75) is 13.0 Å². The van der Waals surface area contributed by atoms with Crippen LogP contribution in [0.1, 0.15) is 18.6 Å². The highest BCUT2D eigenvalue weighted by Gasteiger charge is 2.05. The number of halogens is 2. The van der Waals surface area contributed by atoms with E-state index >= 15 is 0 Å². The molecule has 2 aromatic rings. The lowest BCUT2D eigenvalue weighted by Gasteiger charge is -2.07. The molecule has 18 heavy (non-hydrogen) atoms. The van der Waals surface area contributed by atoms with Gasteiger partial charge < -0.3 is 9.84 Å². The molecule has 0 aliphatic carbocycles. The van der Waals surface area contributed by atoms with Gasteiger partial charge in [-0.05, 0) is 46.6 Å². The average molecular weight is 312 g/mol. The molecule has 0 spiro atoms. The van der Waals surface area contributed by atoms with Crippen molar-refractivity contribution in [1.29, 1.82) is 0 Å². The van der Waals surface area contributed by atoms with Crippen molar-refractivity contribution in [3.63, 3.8) is 0 Å². The van der Waals surface area contributed by atoms with E-state index in [9.17, 15) is 9.50 Å². The number of hydrogen-bond acceptors (Lipinski definition) is 3. The Bertz CT molecular complexity index is 543. The van der Waals surface area contributed by atoms with Crippen molar-refractivity contribution in [1.82, 2.24) is 4.98 Å². The van der Waals surface area contributed by atoms with E-state index in [0.717, 1.165) is 0 Å². The standard InChI is InChI=1S/C13H11BrFNO2/c1-8(17)9-2-5-13(16-7-9)18-10-3-4-11(14)12(15)6-10/h2-8,17H,1H3/t8-/m0/s1. The molecule has 1 atom stereocenters. The van der Waals surface area contributed by atoms with Gasteiger partial charge in [-0.25, -0.2) is 9.37 Å². The van der Waals surface area contributed by atoms with Crippen LogP contribution in [-0.2, 0) is 0 Å². The zero-order valence-corrected chi connectivity index (χ0v) is 11.2. The molecule has 0 unspecified atom stereocenters. The third-order valence-corrected chi connectivity index (χ3v) is 3.00. The summed E-state index contributed by atoms with van der Waals surface area (Å²) < 4.78 is 19.0. The van der Waals surface area contributed by atoms with Gasteiger partial charge >= 0.3 is 0 Å². The number of hydrogen-bond donors (Lipinski definition) is 1. The molecule has 94 valence electrons. The van der Waals surface area contributed by atoms with Crippen LogP contribution in [0.15, 0.2) is 41.0 Å². The fraction of sp³-hybridized carbons (Fsp3) is 0.154. The monoisotopic (exact) mass is 311 g/mol. The lowest BCUT2D eigenvalue weighted by molar-refractivity contribution is 0.198. The summed E-state index contributed by atoms with van der Waals surface area (Å²) in [4.78, 5) is 4.03. The number of aromatic nitrogens is 1. The van der Waals surface area contributed by atoms with E-state index in [0.29, 0.717) is 21.7 Å². The molecule has 0 saturated heterocycles. The van der Waals surface area contributed by atoms with Crippen LogP contribution in [-0.4, -0.2) is 10.1 Å². The first-order valence-corrected chi connectivity index (χ1v) is 6.12. The largest absolute Gasteiger partial charge is 0.439 e. The first kappa shape index (κ1) is 13.0. The summed E-state index contributed by atoms with van der Waals surface area (Å²) in [5.41, 5.74) is 0.698. The predicted octanol–water partition coefficient (Wildman–Crippen LogP) is 3.83. The van der Waals surface area contributed by atoms with Gasteiger partial charge in [-0.3, -0.25) is 0 Å². The second-order valence-electron chi connectivity index (χ2n) is 3.78. The molecule has 0 aliphatic heterocycles. The topological polar surface area (TPSA) is 42.4 Å². The maximum absolute atomic E-state index is 13.3. The van der Waals surface area contributed by atoms with Gasteiger partial charge in [0.25, 0.3) is 0 Å². The Labute approximate surface area is 112 Å². The van der Waals surface area contributed by atoms with Gasteiger partial charge in [-0.1, -0.05) is 0 Å². The van der Waals surface area contributed by atoms with E-state index in [1.807, 2.05) is 0 Å². The van der Waals surface area contributed by atoms with Gasteiger partial charge in [0, 0.05) is 18.3 Å². The van der Waals surface area contributed by atoms with Crippen molar-refractivity contribution < 1.29 is 14.2 Å². The number of nitrogens with zero attached hydrogens (tertiary/aromatic N) is 1. The number of aliphatic hydroxyl groups is 1. The van der Waals surface area contributed by atoms with Gasteiger partial charge in [0.05, 0.1) is 10.6 Å². The molecular formula is C13H11BrFNO2. The fourth-order valence-electron chi connectivity index (χ4n) is 1.36. The van der Waals surface area contributed by atoms with Crippen molar-refractivity contribution in [3.8, 4) is 11.6 Å². The highest BCUT2D eigenvalue weighted by molar-refractivity contribution is 9.10. The molecule has 2 rings (SSSR count). The number of ether oxygens (including phenoxy) is 1. The highest BCUT2D eigenvalue weighted by atomic mass is 79.9. The summed E-state index contributed by atoms with van der Waals surface area (Å²) in [6.45, 7) is 1.65. The highest BCUT2D eigenvalue weighted by Crippen LogP contribution is 2.25. The van der Waals surface area contributed by atoms with Gasteiger partial charge in [-0.15, -0.1) is 0 Å². The third kappa shape index (κ3) is 3.05. The fourth-order valence-corrected chi connectivity index (χ4v) is 1.61. The van der Waals surface area contributed by atoms with Gasteiger partial charge in [0.1, 0.15) is 11.6 Å². The second-order valence-corrected chi connectivity index (χ2v) is 4.64. The molecule has 0 amide bonds. The Morgan fingerprint density at radius 1 is 1.33 bits per heavy atom. The number of benzene rings is 1.